The monoisotopic (exact) mass is 1620 g/mol. The summed E-state index contributed by atoms with van der Waals surface area (Å²) in [4.78, 5) is 102. The van der Waals surface area contributed by atoms with E-state index in [1.54, 1.807) is 90.5 Å². The second-order valence-corrected chi connectivity index (χ2v) is 33.8. The minimum atomic E-state index is -1.13. The van der Waals surface area contributed by atoms with Gasteiger partial charge in [0.2, 0.25) is 11.8 Å². The number of hydrogen-bond donors (Lipinski definition) is 5. The van der Waals surface area contributed by atoms with Gasteiger partial charge in [-0.1, -0.05) is 176 Å². The number of halogens is 5. The van der Waals surface area contributed by atoms with Crippen LogP contribution in [0.25, 0.3) is 44.5 Å². The number of Topliss-reactive ketones (excluding diaryl/α,β-unsaturated/α-hetero) is 3. The van der Waals surface area contributed by atoms with Crippen molar-refractivity contribution in [3.63, 3.8) is 0 Å². The van der Waals surface area contributed by atoms with Gasteiger partial charge in [0.1, 0.15) is 38.5 Å². The normalized spacial score (nSPS) is 15.3. The lowest BCUT2D eigenvalue weighted by molar-refractivity contribution is -0.120. The van der Waals surface area contributed by atoms with Crippen molar-refractivity contribution in [3.8, 4) is 44.5 Å². The van der Waals surface area contributed by atoms with Crippen LogP contribution in [-0.4, -0.2) is 72.9 Å². The number of nitrogens with one attached hydrogen (secondary N) is 2. The highest BCUT2D eigenvalue weighted by Crippen LogP contribution is 2.45. The van der Waals surface area contributed by atoms with Gasteiger partial charge in [-0.05, 0) is 155 Å². The number of fused-ring (bicyclic) bond motifs is 3. The molecule has 0 spiro atoms. The lowest BCUT2D eigenvalue weighted by Gasteiger charge is -2.28. The zero-order valence-corrected chi connectivity index (χ0v) is 65.1. The van der Waals surface area contributed by atoms with Gasteiger partial charge in [0, 0.05) is 109 Å². The summed E-state index contributed by atoms with van der Waals surface area (Å²) >= 11 is 31.7. The average molecular weight is 1620 g/mol. The number of thiophene rings is 4. The Kier molecular flexibility index (Phi) is 26.0. The molecule has 24 heteroatoms. The van der Waals surface area contributed by atoms with Crippen LogP contribution in [0.5, 0.6) is 0 Å². The van der Waals surface area contributed by atoms with E-state index < -0.39 is 23.2 Å². The fourth-order valence-electron chi connectivity index (χ4n) is 13.4. The predicted molar refractivity (Wildman–Crippen MR) is 433 cm³/mol. The smallest absolute Gasteiger partial charge is 0.339 e. The van der Waals surface area contributed by atoms with E-state index in [-0.39, 0.29) is 80.7 Å². The quantitative estimate of drug-likeness (QED) is 0.0449. The van der Waals surface area contributed by atoms with Crippen LogP contribution >= 0.6 is 115 Å². The van der Waals surface area contributed by atoms with Crippen molar-refractivity contribution in [3.05, 3.63) is 265 Å². The molecule has 0 radical (unpaired) electrons. The van der Waals surface area contributed by atoms with Crippen molar-refractivity contribution in [1.82, 2.24) is 0 Å². The summed E-state index contributed by atoms with van der Waals surface area (Å²) in [5.41, 5.74) is 11.0. The molecule has 2 aliphatic carbocycles. The molecular formula is C83H67Cl4FN2O11S6. The Morgan fingerprint density at radius 1 is 0.458 bits per heavy atom. The molecule has 7 aromatic carbocycles. The molecule has 3 unspecified atom stereocenters. The molecule has 13 nitrogen and oxygen atoms in total. The summed E-state index contributed by atoms with van der Waals surface area (Å²) in [5, 5.41) is 44.1. The Hall–Kier alpha value is -8.51. The van der Waals surface area contributed by atoms with Crippen LogP contribution in [0.1, 0.15) is 131 Å². The number of carbonyl (C=O) groups is 8. The average Bonchev–Trinajstić information content (AvgIpc) is 1.59. The Bertz CT molecular complexity index is 5140. The van der Waals surface area contributed by atoms with Crippen LogP contribution < -0.4 is 10.6 Å². The topological polar surface area (TPSA) is 221 Å². The van der Waals surface area contributed by atoms with E-state index in [1.165, 1.54) is 101 Å². The fourth-order valence-corrected chi connectivity index (χ4v) is 20.4. The number of hydrogen-bond acceptors (Lipinski definition) is 14. The molecule has 11 aromatic rings. The molecule has 5 N–H and O–H groups in total. The maximum atomic E-state index is 13.9. The van der Waals surface area contributed by atoms with Gasteiger partial charge in [-0.3, -0.25) is 24.0 Å². The van der Waals surface area contributed by atoms with Gasteiger partial charge in [-0.25, -0.2) is 18.8 Å². The number of carboxylic acids is 3. The molecule has 546 valence electrons. The minimum Gasteiger partial charge on any atom is -0.478 e. The van der Waals surface area contributed by atoms with Gasteiger partial charge in [-0.15, -0.1) is 68.9 Å². The summed E-state index contributed by atoms with van der Waals surface area (Å²) in [6.07, 6.45) is 10.1. The molecule has 6 heterocycles. The molecular weight excluding hydrogens is 1550 g/mol. The second kappa shape index (κ2) is 35.7. The Morgan fingerprint density at radius 3 is 1.36 bits per heavy atom. The maximum Gasteiger partial charge on any atom is 0.339 e. The Balaban J connectivity index is 0.000000134. The third-order valence-electron chi connectivity index (χ3n) is 18.9. The third-order valence-corrected chi connectivity index (χ3v) is 26.3. The van der Waals surface area contributed by atoms with Crippen molar-refractivity contribution in [2.45, 2.75) is 110 Å². The minimum absolute atomic E-state index is 0.00647. The van der Waals surface area contributed by atoms with Gasteiger partial charge >= 0.3 is 17.9 Å². The zero-order chi connectivity index (χ0) is 75.6. The van der Waals surface area contributed by atoms with Gasteiger partial charge in [0.25, 0.3) is 0 Å². The first-order chi connectivity index (χ1) is 51.5. The van der Waals surface area contributed by atoms with Gasteiger partial charge in [0.05, 0.1) is 16.1 Å². The molecule has 2 aliphatic heterocycles. The molecule has 1 fully saturated rings. The second-order valence-electron chi connectivity index (χ2n) is 25.9. The molecule has 3 atom stereocenters. The number of carboxylic acid groups (broad SMARTS) is 3. The molecule has 1 saturated carbocycles. The molecule has 0 bridgehead atoms. The first-order valence-electron chi connectivity index (χ1n) is 34.2. The van der Waals surface area contributed by atoms with E-state index in [1.807, 2.05) is 89.6 Å². The standard InChI is InChI=1S/C22H17ClO2S.C21H23ClO3S.C20H13ClFNO3S2.C20H14ClNO3S2/c1-13(24)22-19(14-6-8-16(23)9-7-14)12-26-21(22)11-20(25)18-10-15-4-2-3-5-17(15)18;22-16-9-7-15(8-10-16)18-13-26-19(20(18)21(24)25)12-17(23)11-6-14-4-2-1-3-5-14;21-11-6-4-10(5-7-11)13-9-27-19(17(13)20(25)26)23-18(24)16-8-12-14(22)2-1-3-15(12)28-16;21-13-7-5-11(6-8-13)14-10-26-19(17(14)20(24)25)22-18(23)16-9-12-3-1-2-4-15(12)27-16/h2-9,12,18H,10-11H2,1H3;7-10,13-14H,1-6,11-12H2,(H,24,25);1-7,9,16H,8H2,(H,23,24)(H,25,26);1-8,10,16H,9H2,(H,22,23)(H,24,25). The highest BCUT2D eigenvalue weighted by molar-refractivity contribution is 8.01. The number of carbonyl (C=O) groups excluding carboxylic acids is 5. The lowest BCUT2D eigenvalue weighted by atomic mass is 9.74. The summed E-state index contributed by atoms with van der Waals surface area (Å²) in [5.74, 6) is -3.07. The van der Waals surface area contributed by atoms with Crippen LogP contribution in [0.4, 0.5) is 14.4 Å². The Labute approximate surface area is 661 Å². The van der Waals surface area contributed by atoms with Gasteiger partial charge in [-0.2, -0.15) is 0 Å². The number of amides is 2. The van der Waals surface area contributed by atoms with Crippen molar-refractivity contribution in [2.75, 3.05) is 10.6 Å². The zero-order valence-electron chi connectivity index (χ0n) is 57.1. The number of rotatable bonds is 20. The van der Waals surface area contributed by atoms with E-state index in [0.717, 1.165) is 72.2 Å². The van der Waals surface area contributed by atoms with Crippen LogP contribution in [-0.2, 0) is 51.3 Å². The number of ketones is 3. The first-order valence-corrected chi connectivity index (χ1v) is 40.9. The maximum absolute atomic E-state index is 13.9. The molecule has 4 aliphatic rings. The SMILES string of the molecule is CC(=O)c1c(-c2ccc(Cl)cc2)csc1CC(=O)C1Cc2ccccc21.O=C(CCC1CCCCC1)Cc1scc(-c2ccc(Cl)cc2)c1C(=O)O.O=C(O)c1c(-c2ccc(Cl)cc2)csc1NC(=O)C1Cc2c(F)cccc2S1.O=C(O)c1c(-c2ccc(Cl)cc2)csc1NC(=O)C1Cc2ccccc2S1. The number of thioether (sulfide) groups is 2. The van der Waals surface area contributed by atoms with E-state index in [0.29, 0.717) is 88.5 Å². The number of benzene rings is 7. The highest BCUT2D eigenvalue weighted by Gasteiger charge is 2.35. The highest BCUT2D eigenvalue weighted by atomic mass is 35.5. The van der Waals surface area contributed by atoms with Crippen molar-refractivity contribution >= 4 is 172 Å². The number of aromatic carboxylic acids is 3. The van der Waals surface area contributed by atoms with E-state index in [4.69, 9.17) is 46.4 Å². The van der Waals surface area contributed by atoms with Crippen molar-refractivity contribution in [1.29, 1.82) is 0 Å². The van der Waals surface area contributed by atoms with Gasteiger partial charge in [0.15, 0.2) is 5.78 Å². The van der Waals surface area contributed by atoms with Crippen molar-refractivity contribution < 1.29 is 58.1 Å². The van der Waals surface area contributed by atoms with E-state index >= 15 is 0 Å². The molecule has 107 heavy (non-hydrogen) atoms. The summed E-state index contributed by atoms with van der Waals surface area (Å²) in [6.45, 7) is 1.56. The summed E-state index contributed by atoms with van der Waals surface area (Å²) in [7, 11) is 0. The van der Waals surface area contributed by atoms with E-state index in [9.17, 15) is 58.1 Å². The largest absolute Gasteiger partial charge is 0.478 e. The summed E-state index contributed by atoms with van der Waals surface area (Å²) < 4.78 is 13.9. The van der Waals surface area contributed by atoms with Crippen LogP contribution in [0.3, 0.4) is 0 Å². The van der Waals surface area contributed by atoms with Crippen LogP contribution in [0.2, 0.25) is 20.1 Å². The van der Waals surface area contributed by atoms with Gasteiger partial charge < -0.3 is 26.0 Å². The van der Waals surface area contributed by atoms with Crippen LogP contribution in [0.15, 0.2) is 195 Å². The summed E-state index contributed by atoms with van der Waals surface area (Å²) in [6, 6.07) is 49.1. The van der Waals surface area contributed by atoms with Crippen molar-refractivity contribution in [2.24, 2.45) is 5.92 Å². The first kappa shape index (κ1) is 78.1. The third kappa shape index (κ3) is 19.0. The molecule has 15 rings (SSSR count). The predicted octanol–water partition coefficient (Wildman–Crippen LogP) is 22.9. The van der Waals surface area contributed by atoms with Crippen LogP contribution in [0, 0.1) is 11.7 Å². The Morgan fingerprint density at radius 2 is 0.888 bits per heavy atom. The molecule has 0 saturated heterocycles. The van der Waals surface area contributed by atoms with E-state index in [2.05, 4.69) is 16.7 Å². The lowest BCUT2D eigenvalue weighted by Crippen LogP contribution is -2.26. The fraction of sp³-hybridized carbons (Fsp3) is 0.205. The molecule has 2 amide bonds. The molecule has 4 aromatic heterocycles. The number of anilines is 2.